The van der Waals surface area contributed by atoms with Crippen LogP contribution < -0.4 is 21.3 Å². The van der Waals surface area contributed by atoms with Crippen molar-refractivity contribution in [3.63, 3.8) is 0 Å². The first kappa shape index (κ1) is 45.2. The van der Waals surface area contributed by atoms with Crippen LogP contribution in [0.2, 0.25) is 0 Å². The van der Waals surface area contributed by atoms with E-state index in [1.165, 1.54) is 0 Å². The zero-order chi connectivity index (χ0) is 35.9. The molecule has 0 saturated heterocycles. The van der Waals surface area contributed by atoms with Crippen molar-refractivity contribution in [3.05, 3.63) is 0 Å². The highest BCUT2D eigenvalue weighted by molar-refractivity contribution is 5.76. The summed E-state index contributed by atoms with van der Waals surface area (Å²) in [4.78, 5) is 46.7. The first-order valence-corrected chi connectivity index (χ1v) is 16.7. The monoisotopic (exact) mass is 694 g/mol. The third-order valence-electron chi connectivity index (χ3n) is 5.47. The summed E-state index contributed by atoms with van der Waals surface area (Å²) in [6.45, 7) is 17.2. The van der Waals surface area contributed by atoms with E-state index in [0.717, 1.165) is 0 Å². The van der Waals surface area contributed by atoms with Gasteiger partial charge in [0.2, 0.25) is 11.8 Å². The average Bonchev–Trinajstić information content (AvgIpc) is 2.98. The minimum atomic E-state index is -0.537. The molecular formula is C32H62N4O12. The Morgan fingerprint density at radius 1 is 0.396 bits per heavy atom. The van der Waals surface area contributed by atoms with E-state index in [1.807, 2.05) is 0 Å². The Morgan fingerprint density at radius 3 is 1.04 bits per heavy atom. The van der Waals surface area contributed by atoms with Crippen LogP contribution >= 0.6 is 0 Å². The minimum absolute atomic E-state index is 0.0896. The Kier molecular flexibility index (Phi) is 27.5. The van der Waals surface area contributed by atoms with Crippen LogP contribution in [0, 0.1) is 0 Å². The smallest absolute Gasteiger partial charge is 0.407 e. The molecule has 16 nitrogen and oxygen atoms in total. The molecule has 0 radical (unpaired) electrons. The Bertz CT molecular complexity index is 782. The number of carbonyl (C=O) groups excluding carboxylic acids is 4. The van der Waals surface area contributed by atoms with E-state index in [1.54, 1.807) is 41.5 Å². The molecule has 0 bridgehead atoms. The molecule has 0 heterocycles. The van der Waals surface area contributed by atoms with Gasteiger partial charge in [-0.2, -0.15) is 0 Å². The minimum Gasteiger partial charge on any atom is -0.444 e. The van der Waals surface area contributed by atoms with Crippen LogP contribution in [0.15, 0.2) is 0 Å². The number of nitrogens with one attached hydrogen (secondary N) is 4. The van der Waals surface area contributed by atoms with Crippen LogP contribution in [0.1, 0.15) is 67.2 Å². The number of hydrogen-bond acceptors (Lipinski definition) is 12. The zero-order valence-electron chi connectivity index (χ0n) is 30.0. The van der Waals surface area contributed by atoms with Gasteiger partial charge in [-0.3, -0.25) is 9.59 Å². The van der Waals surface area contributed by atoms with Crippen molar-refractivity contribution < 1.29 is 57.1 Å². The van der Waals surface area contributed by atoms with E-state index >= 15 is 0 Å². The lowest BCUT2D eigenvalue weighted by Gasteiger charge is -2.19. The van der Waals surface area contributed by atoms with Crippen molar-refractivity contribution in [2.45, 2.75) is 78.4 Å². The van der Waals surface area contributed by atoms with Crippen LogP contribution in [-0.2, 0) is 47.5 Å². The quantitative estimate of drug-likeness (QED) is 0.0834. The molecule has 0 unspecified atom stereocenters. The summed E-state index contributed by atoms with van der Waals surface area (Å²) in [6.07, 6.45) is 0.937. The molecule has 0 spiro atoms. The molecule has 0 aliphatic rings. The van der Waals surface area contributed by atoms with Gasteiger partial charge in [0.05, 0.1) is 66.1 Å². The van der Waals surface area contributed by atoms with Gasteiger partial charge in [-0.15, -0.1) is 0 Å². The number of ether oxygens (including phenoxy) is 8. The topological polar surface area (TPSA) is 190 Å². The molecule has 0 atom stereocenters. The summed E-state index contributed by atoms with van der Waals surface area (Å²) >= 11 is 0. The molecule has 16 heteroatoms. The van der Waals surface area contributed by atoms with Crippen LogP contribution in [0.5, 0.6) is 0 Å². The van der Waals surface area contributed by atoms with Crippen molar-refractivity contribution in [1.82, 2.24) is 21.3 Å². The van der Waals surface area contributed by atoms with Gasteiger partial charge in [0.25, 0.3) is 0 Å². The lowest BCUT2D eigenvalue weighted by molar-refractivity contribution is -0.123. The predicted molar refractivity (Wildman–Crippen MR) is 178 cm³/mol. The summed E-state index contributed by atoms with van der Waals surface area (Å²) in [5.41, 5.74) is -1.07. The van der Waals surface area contributed by atoms with Crippen molar-refractivity contribution in [2.75, 3.05) is 105 Å². The molecule has 0 rings (SSSR count). The van der Waals surface area contributed by atoms with Crippen molar-refractivity contribution in [2.24, 2.45) is 0 Å². The van der Waals surface area contributed by atoms with Crippen LogP contribution in [-0.4, -0.2) is 141 Å². The Labute approximate surface area is 286 Å². The first-order valence-electron chi connectivity index (χ1n) is 16.7. The normalized spacial score (nSPS) is 11.5. The molecule has 0 aromatic rings. The maximum atomic E-state index is 11.9. The molecule has 0 fully saturated rings. The van der Waals surface area contributed by atoms with E-state index in [-0.39, 0.29) is 24.7 Å². The summed E-state index contributed by atoms with van der Waals surface area (Å²) in [6, 6.07) is 0. The fourth-order valence-corrected chi connectivity index (χ4v) is 3.36. The predicted octanol–water partition coefficient (Wildman–Crippen LogP) is 1.93. The van der Waals surface area contributed by atoms with Crippen molar-refractivity contribution in [1.29, 1.82) is 0 Å². The van der Waals surface area contributed by atoms with Crippen LogP contribution in [0.25, 0.3) is 0 Å². The summed E-state index contributed by atoms with van der Waals surface area (Å²) < 4.78 is 42.8. The van der Waals surface area contributed by atoms with E-state index in [0.29, 0.717) is 118 Å². The summed E-state index contributed by atoms with van der Waals surface area (Å²) in [7, 11) is 0. The van der Waals surface area contributed by atoms with Crippen LogP contribution in [0.3, 0.4) is 0 Å². The maximum absolute atomic E-state index is 11.9. The highest BCUT2D eigenvalue weighted by Gasteiger charge is 2.16. The molecule has 282 valence electrons. The highest BCUT2D eigenvalue weighted by Crippen LogP contribution is 2.06. The van der Waals surface area contributed by atoms with Crippen molar-refractivity contribution >= 4 is 24.0 Å². The summed E-state index contributed by atoms with van der Waals surface area (Å²) in [5, 5.41) is 10.9. The Balaban J connectivity index is 3.34. The second kappa shape index (κ2) is 29.2. The number of amides is 4. The maximum Gasteiger partial charge on any atom is 0.407 e. The molecule has 0 aliphatic carbocycles. The van der Waals surface area contributed by atoms with Gasteiger partial charge < -0.3 is 59.2 Å². The van der Waals surface area contributed by atoms with Gasteiger partial charge in [-0.05, 0) is 54.4 Å². The van der Waals surface area contributed by atoms with Gasteiger partial charge in [0.1, 0.15) is 11.2 Å². The Hall–Kier alpha value is -2.76. The molecule has 0 aromatic heterocycles. The summed E-state index contributed by atoms with van der Waals surface area (Å²) in [5.74, 6) is -0.179. The fourth-order valence-electron chi connectivity index (χ4n) is 3.36. The molecular weight excluding hydrogens is 632 g/mol. The van der Waals surface area contributed by atoms with E-state index in [9.17, 15) is 19.2 Å². The fraction of sp³-hybridized carbons (Fsp3) is 0.875. The standard InChI is InChI=1S/C32H62N4O12/c1-31(2,3)47-29(39)35-13-19-45-25-23-43-17-9-27(37)33-11-7-15-41-21-22-42-16-8-12-34-28(38)10-18-44-24-26-46-20-14-36-30(40)48-32(4,5)6/h7-26H2,1-6H3,(H,33,37)(H,34,38)(H,35,39)(H,36,40). The second-order valence-corrected chi connectivity index (χ2v) is 12.4. The lowest BCUT2D eigenvalue weighted by Crippen LogP contribution is -2.34. The molecule has 4 N–H and O–H groups in total. The number of carbonyl (C=O) groups is 4. The van der Waals surface area contributed by atoms with Gasteiger partial charge in [-0.1, -0.05) is 0 Å². The number of hydrogen-bond donors (Lipinski definition) is 4. The van der Waals surface area contributed by atoms with Gasteiger partial charge >= 0.3 is 12.2 Å². The van der Waals surface area contributed by atoms with Crippen LogP contribution in [0.4, 0.5) is 9.59 Å². The van der Waals surface area contributed by atoms with E-state index in [4.69, 9.17) is 37.9 Å². The molecule has 0 aromatic carbocycles. The second-order valence-electron chi connectivity index (χ2n) is 12.4. The molecule has 4 amide bonds. The third-order valence-corrected chi connectivity index (χ3v) is 5.47. The molecule has 48 heavy (non-hydrogen) atoms. The molecule has 0 aliphatic heterocycles. The highest BCUT2D eigenvalue weighted by atomic mass is 16.6. The number of alkyl carbamates (subject to hydrolysis) is 2. The van der Waals surface area contributed by atoms with E-state index < -0.39 is 23.4 Å². The third kappa shape index (κ3) is 36.1. The van der Waals surface area contributed by atoms with Gasteiger partial charge in [0.15, 0.2) is 0 Å². The first-order chi connectivity index (χ1) is 22.8. The largest absolute Gasteiger partial charge is 0.444 e. The lowest BCUT2D eigenvalue weighted by atomic mass is 10.2. The number of rotatable bonds is 29. The Morgan fingerprint density at radius 2 is 0.708 bits per heavy atom. The van der Waals surface area contributed by atoms with Crippen molar-refractivity contribution in [3.8, 4) is 0 Å². The van der Waals surface area contributed by atoms with Gasteiger partial charge in [-0.25, -0.2) is 9.59 Å². The average molecular weight is 695 g/mol. The SMILES string of the molecule is CC(C)(C)OC(=O)NCCOCCOCCC(=O)NCCCOCCOCCCNC(=O)CCOCCOCCNC(=O)OC(C)(C)C. The zero-order valence-corrected chi connectivity index (χ0v) is 30.0. The van der Waals surface area contributed by atoms with Gasteiger partial charge in [0, 0.05) is 52.2 Å². The molecule has 0 saturated carbocycles. The van der Waals surface area contributed by atoms with E-state index in [2.05, 4.69) is 21.3 Å².